The minimum atomic E-state index is 0.751. The minimum Gasteiger partial charge on any atom is -0.369 e. The van der Waals surface area contributed by atoms with Gasteiger partial charge in [0, 0.05) is 55.5 Å². The highest BCUT2D eigenvalue weighted by molar-refractivity contribution is 5.74. The number of imidazole rings is 1. The van der Waals surface area contributed by atoms with E-state index in [-0.39, 0.29) is 0 Å². The fourth-order valence-corrected chi connectivity index (χ4v) is 3.84. The van der Waals surface area contributed by atoms with Crippen molar-refractivity contribution in [2.24, 2.45) is 0 Å². The highest BCUT2D eigenvalue weighted by Crippen LogP contribution is 2.26. The molecule has 0 bridgehead atoms. The van der Waals surface area contributed by atoms with Gasteiger partial charge in [-0.15, -0.1) is 0 Å². The average molecular weight is 384 g/mol. The number of nitrogens with zero attached hydrogens (tertiary/aromatic N) is 4. The lowest BCUT2D eigenvalue weighted by atomic mass is 10.1. The fourth-order valence-electron chi connectivity index (χ4n) is 3.84. The van der Waals surface area contributed by atoms with E-state index < -0.39 is 0 Å². The molecule has 6 heteroatoms. The van der Waals surface area contributed by atoms with Gasteiger partial charge in [0.05, 0.1) is 11.9 Å². The molecular weight excluding hydrogens is 360 g/mol. The third kappa shape index (κ3) is 3.54. The Bertz CT molecular complexity index is 1130. The predicted molar refractivity (Wildman–Crippen MR) is 118 cm³/mol. The number of piperazine rings is 1. The summed E-state index contributed by atoms with van der Waals surface area (Å²) in [5, 5.41) is 6.82. The summed E-state index contributed by atoms with van der Waals surface area (Å²) in [5.74, 6) is 0.751. The summed E-state index contributed by atoms with van der Waals surface area (Å²) in [6, 6.07) is 17.0. The molecule has 2 aromatic carbocycles. The van der Waals surface area contributed by atoms with E-state index in [9.17, 15) is 0 Å². The molecule has 4 aromatic rings. The van der Waals surface area contributed by atoms with Gasteiger partial charge in [0.2, 0.25) is 0 Å². The van der Waals surface area contributed by atoms with E-state index in [4.69, 9.17) is 0 Å². The zero-order valence-electron chi connectivity index (χ0n) is 16.5. The summed E-state index contributed by atoms with van der Waals surface area (Å²) < 4.78 is 2.08. The van der Waals surface area contributed by atoms with Gasteiger partial charge >= 0.3 is 0 Å². The summed E-state index contributed by atoms with van der Waals surface area (Å²) in [4.78, 5) is 11.6. The summed E-state index contributed by atoms with van der Waals surface area (Å²) >= 11 is 0. The molecule has 6 nitrogen and oxygen atoms in total. The lowest BCUT2D eigenvalue weighted by molar-refractivity contribution is 0.589. The summed E-state index contributed by atoms with van der Waals surface area (Å²) in [6.07, 6.45) is 5.70. The molecule has 29 heavy (non-hydrogen) atoms. The standard InChI is InChI=1S/C23H24N6/c1-17-3-2-4-18(15-17)21-16-26-22(23-25-11-14-29(21)23)27-19-5-7-20(8-6-19)28-12-9-24-10-13-28/h2-8,11,14-16,24H,9-10,12-13H2,1H3,(H,26,27). The van der Waals surface area contributed by atoms with Crippen molar-refractivity contribution in [3.63, 3.8) is 0 Å². The fraction of sp³-hybridized carbons (Fsp3) is 0.217. The molecule has 2 N–H and O–H groups in total. The second-order valence-electron chi connectivity index (χ2n) is 7.39. The quantitative estimate of drug-likeness (QED) is 0.560. The van der Waals surface area contributed by atoms with Crippen molar-refractivity contribution in [2.45, 2.75) is 6.92 Å². The van der Waals surface area contributed by atoms with Crippen molar-refractivity contribution in [3.05, 3.63) is 72.7 Å². The number of hydrogen-bond acceptors (Lipinski definition) is 5. The zero-order valence-corrected chi connectivity index (χ0v) is 16.5. The number of nitrogens with one attached hydrogen (secondary N) is 2. The third-order valence-corrected chi connectivity index (χ3v) is 5.35. The molecule has 0 saturated carbocycles. The summed E-state index contributed by atoms with van der Waals surface area (Å²) in [5.41, 5.74) is 6.46. The first-order valence-electron chi connectivity index (χ1n) is 10.00. The lowest BCUT2D eigenvalue weighted by Crippen LogP contribution is -2.43. The number of fused-ring (bicyclic) bond motifs is 1. The van der Waals surface area contributed by atoms with Gasteiger partial charge in [0.1, 0.15) is 0 Å². The Balaban J connectivity index is 1.43. The van der Waals surface area contributed by atoms with Crippen LogP contribution >= 0.6 is 0 Å². The van der Waals surface area contributed by atoms with E-state index in [1.807, 2.05) is 18.6 Å². The molecule has 1 fully saturated rings. The van der Waals surface area contributed by atoms with Crippen LogP contribution in [0.1, 0.15) is 5.56 Å². The van der Waals surface area contributed by atoms with Crippen LogP contribution in [0.4, 0.5) is 17.2 Å². The number of benzene rings is 2. The number of hydrogen-bond donors (Lipinski definition) is 2. The van der Waals surface area contributed by atoms with Crippen LogP contribution in [0.3, 0.4) is 0 Å². The van der Waals surface area contributed by atoms with Crippen LogP contribution in [0.2, 0.25) is 0 Å². The van der Waals surface area contributed by atoms with Crippen LogP contribution in [0, 0.1) is 6.92 Å². The first kappa shape index (κ1) is 17.7. The number of aryl methyl sites for hydroxylation is 1. The molecule has 0 radical (unpaired) electrons. The summed E-state index contributed by atoms with van der Waals surface area (Å²) in [6.45, 7) is 6.26. The van der Waals surface area contributed by atoms with Crippen molar-refractivity contribution >= 4 is 22.8 Å². The Morgan fingerprint density at radius 3 is 2.62 bits per heavy atom. The molecule has 2 aromatic heterocycles. The van der Waals surface area contributed by atoms with Crippen LogP contribution in [-0.4, -0.2) is 40.5 Å². The van der Waals surface area contributed by atoms with Crippen LogP contribution in [0.25, 0.3) is 16.9 Å². The largest absolute Gasteiger partial charge is 0.369 e. The molecule has 1 saturated heterocycles. The Kier molecular flexibility index (Phi) is 4.62. The summed E-state index contributed by atoms with van der Waals surface area (Å²) in [7, 11) is 0. The van der Waals surface area contributed by atoms with E-state index in [0.717, 1.165) is 54.6 Å². The predicted octanol–water partition coefficient (Wildman–Crippen LogP) is 3.86. The SMILES string of the molecule is Cc1cccc(-c2cnc(Nc3ccc(N4CCNCC4)cc3)c3nccn23)c1. The molecule has 146 valence electrons. The highest BCUT2D eigenvalue weighted by Gasteiger charge is 2.12. The van der Waals surface area contributed by atoms with Crippen molar-refractivity contribution < 1.29 is 0 Å². The van der Waals surface area contributed by atoms with E-state index in [2.05, 4.69) is 85.4 Å². The topological polar surface area (TPSA) is 57.5 Å². The van der Waals surface area contributed by atoms with E-state index in [0.29, 0.717) is 0 Å². The Labute approximate surface area is 170 Å². The molecule has 0 atom stereocenters. The van der Waals surface area contributed by atoms with Gasteiger partial charge in [-0.2, -0.15) is 0 Å². The van der Waals surface area contributed by atoms with Gasteiger partial charge in [-0.25, -0.2) is 9.97 Å². The van der Waals surface area contributed by atoms with Gasteiger partial charge in [0.25, 0.3) is 0 Å². The van der Waals surface area contributed by atoms with Gasteiger partial charge in [0.15, 0.2) is 11.5 Å². The first-order valence-corrected chi connectivity index (χ1v) is 10.00. The monoisotopic (exact) mass is 384 g/mol. The number of aromatic nitrogens is 3. The van der Waals surface area contributed by atoms with Gasteiger partial charge in [-0.1, -0.05) is 23.8 Å². The Morgan fingerprint density at radius 1 is 1.00 bits per heavy atom. The molecule has 0 amide bonds. The van der Waals surface area contributed by atoms with Gasteiger partial charge in [-0.3, -0.25) is 4.40 Å². The van der Waals surface area contributed by atoms with Crippen molar-refractivity contribution in [2.75, 3.05) is 36.4 Å². The van der Waals surface area contributed by atoms with E-state index in [1.165, 1.54) is 11.3 Å². The Morgan fingerprint density at radius 2 is 1.83 bits per heavy atom. The third-order valence-electron chi connectivity index (χ3n) is 5.35. The van der Waals surface area contributed by atoms with Crippen molar-refractivity contribution in [1.29, 1.82) is 0 Å². The normalized spacial score (nSPS) is 14.3. The van der Waals surface area contributed by atoms with Crippen molar-refractivity contribution in [3.8, 4) is 11.3 Å². The maximum Gasteiger partial charge on any atom is 0.180 e. The minimum absolute atomic E-state index is 0.751. The van der Waals surface area contributed by atoms with Gasteiger partial charge in [-0.05, 0) is 37.3 Å². The number of anilines is 3. The van der Waals surface area contributed by atoms with Crippen LogP contribution < -0.4 is 15.5 Å². The second-order valence-corrected chi connectivity index (χ2v) is 7.39. The molecule has 0 spiro atoms. The Hall–Kier alpha value is -3.38. The van der Waals surface area contributed by atoms with E-state index >= 15 is 0 Å². The van der Waals surface area contributed by atoms with E-state index in [1.54, 1.807) is 0 Å². The molecule has 0 unspecified atom stereocenters. The molecule has 1 aliphatic heterocycles. The van der Waals surface area contributed by atoms with Crippen molar-refractivity contribution in [1.82, 2.24) is 19.7 Å². The van der Waals surface area contributed by atoms with Gasteiger partial charge < -0.3 is 15.5 Å². The first-order chi connectivity index (χ1) is 14.3. The lowest BCUT2D eigenvalue weighted by Gasteiger charge is -2.29. The molecular formula is C23H24N6. The molecule has 1 aliphatic rings. The van der Waals surface area contributed by atoms with Crippen LogP contribution in [-0.2, 0) is 0 Å². The molecule has 5 rings (SSSR count). The molecule has 0 aliphatic carbocycles. The highest BCUT2D eigenvalue weighted by atomic mass is 15.2. The maximum absolute atomic E-state index is 4.68. The average Bonchev–Trinajstić information content (AvgIpc) is 3.26. The second kappa shape index (κ2) is 7.56. The zero-order chi connectivity index (χ0) is 19.6. The smallest absolute Gasteiger partial charge is 0.180 e. The molecule has 3 heterocycles. The van der Waals surface area contributed by atoms with Crippen LogP contribution in [0.15, 0.2) is 67.1 Å². The number of rotatable bonds is 4. The van der Waals surface area contributed by atoms with Crippen LogP contribution in [0.5, 0.6) is 0 Å². The maximum atomic E-state index is 4.68.